The van der Waals surface area contributed by atoms with Crippen LogP contribution in [-0.2, 0) is 18.5 Å². The summed E-state index contributed by atoms with van der Waals surface area (Å²) in [5.74, 6) is 0.980. The van der Waals surface area contributed by atoms with Crippen LogP contribution in [0.1, 0.15) is 59.9 Å². The molecule has 31 heavy (non-hydrogen) atoms. The summed E-state index contributed by atoms with van der Waals surface area (Å²) >= 11 is 0. The fourth-order valence-corrected chi connectivity index (χ4v) is 4.84. The molecule has 1 saturated heterocycles. The van der Waals surface area contributed by atoms with Gasteiger partial charge in [0.25, 0.3) is 0 Å². The lowest BCUT2D eigenvalue weighted by Crippen LogP contribution is -2.46. The third kappa shape index (κ3) is 4.73. The molecular formula is C25H39BO4Si. The number of benzene rings is 1. The lowest BCUT2D eigenvalue weighted by molar-refractivity contribution is 0.00578. The highest BCUT2D eigenvalue weighted by Crippen LogP contribution is 2.42. The van der Waals surface area contributed by atoms with E-state index in [0.29, 0.717) is 0 Å². The molecule has 0 aromatic heterocycles. The fraction of sp³-hybridized carbons (Fsp3) is 0.600. The molecule has 1 aliphatic carbocycles. The summed E-state index contributed by atoms with van der Waals surface area (Å²) in [5.41, 5.74) is 1.54. The van der Waals surface area contributed by atoms with Crippen molar-refractivity contribution in [3.05, 3.63) is 53.8 Å². The zero-order valence-corrected chi connectivity index (χ0v) is 21.9. The number of methoxy groups -OCH3 is 1. The maximum atomic E-state index is 6.84. The van der Waals surface area contributed by atoms with Gasteiger partial charge < -0.3 is 18.5 Å². The Morgan fingerprint density at radius 2 is 1.52 bits per heavy atom. The van der Waals surface area contributed by atoms with Crippen LogP contribution in [0.4, 0.5) is 0 Å². The standard InChI is InChI=1S/C25H39BO4Si/c1-23(2,3)31(9,10)28-22-20(12-11-13-21(22)27-8)18-14-16-19(17-15-18)26-29-24(4,5)25(6,7)30-26/h11-17,20,22H,1-10H3. The first-order chi connectivity index (χ1) is 14.2. The summed E-state index contributed by atoms with van der Waals surface area (Å²) in [4.78, 5) is 0. The second-order valence-corrected chi connectivity index (χ2v) is 16.0. The van der Waals surface area contributed by atoms with Gasteiger partial charge in [0.05, 0.1) is 18.3 Å². The molecule has 0 amide bonds. The summed E-state index contributed by atoms with van der Waals surface area (Å²) in [6.45, 7) is 19.7. The van der Waals surface area contributed by atoms with Gasteiger partial charge in [-0.1, -0.05) is 57.2 Å². The van der Waals surface area contributed by atoms with Crippen molar-refractivity contribution < 1.29 is 18.5 Å². The van der Waals surface area contributed by atoms with E-state index in [4.69, 9.17) is 18.5 Å². The van der Waals surface area contributed by atoms with Crippen molar-refractivity contribution in [1.29, 1.82) is 0 Å². The summed E-state index contributed by atoms with van der Waals surface area (Å²) in [5, 5.41) is 0.123. The molecule has 1 aromatic carbocycles. The van der Waals surface area contributed by atoms with Crippen molar-refractivity contribution >= 4 is 20.9 Å². The molecule has 170 valence electrons. The lowest BCUT2D eigenvalue weighted by atomic mass is 9.77. The molecule has 2 atom stereocenters. The Hall–Kier alpha value is -1.34. The number of ether oxygens (including phenoxy) is 1. The van der Waals surface area contributed by atoms with Gasteiger partial charge in [0.2, 0.25) is 0 Å². The van der Waals surface area contributed by atoms with E-state index in [1.807, 2.05) is 6.08 Å². The quantitative estimate of drug-likeness (QED) is 0.560. The van der Waals surface area contributed by atoms with Crippen LogP contribution in [0.15, 0.2) is 48.3 Å². The zero-order chi connectivity index (χ0) is 23.2. The molecule has 1 aliphatic heterocycles. The van der Waals surface area contributed by atoms with Crippen molar-refractivity contribution in [3.63, 3.8) is 0 Å². The van der Waals surface area contributed by atoms with Crippen LogP contribution in [0.5, 0.6) is 0 Å². The van der Waals surface area contributed by atoms with Gasteiger partial charge in [-0.05, 0) is 62.9 Å². The Morgan fingerprint density at radius 1 is 0.968 bits per heavy atom. The van der Waals surface area contributed by atoms with Gasteiger partial charge in [-0.3, -0.25) is 0 Å². The SMILES string of the molecule is COC1=CC=CC(c2ccc(B3OC(C)(C)C(C)(C)O3)cc2)C1O[Si](C)(C)C(C)(C)C. The minimum Gasteiger partial charge on any atom is -0.498 e. The summed E-state index contributed by atoms with van der Waals surface area (Å²) in [7, 11) is -0.609. The number of rotatable bonds is 5. The highest BCUT2D eigenvalue weighted by atomic mass is 28.4. The number of hydrogen-bond donors (Lipinski definition) is 0. The Morgan fingerprint density at radius 3 is 2.00 bits per heavy atom. The molecule has 6 heteroatoms. The fourth-order valence-electron chi connectivity index (χ4n) is 3.59. The van der Waals surface area contributed by atoms with E-state index in [2.05, 4.69) is 98.0 Å². The van der Waals surface area contributed by atoms with E-state index >= 15 is 0 Å². The normalized spacial score (nSPS) is 25.5. The van der Waals surface area contributed by atoms with E-state index in [0.717, 1.165) is 11.2 Å². The van der Waals surface area contributed by atoms with Crippen molar-refractivity contribution in [2.24, 2.45) is 0 Å². The zero-order valence-electron chi connectivity index (χ0n) is 20.9. The second-order valence-electron chi connectivity index (χ2n) is 11.2. The maximum absolute atomic E-state index is 6.84. The van der Waals surface area contributed by atoms with Crippen LogP contribution in [0.25, 0.3) is 0 Å². The number of allylic oxidation sites excluding steroid dienone is 2. The van der Waals surface area contributed by atoms with Crippen LogP contribution < -0.4 is 5.46 Å². The molecule has 0 spiro atoms. The van der Waals surface area contributed by atoms with Crippen LogP contribution >= 0.6 is 0 Å². The highest BCUT2D eigenvalue weighted by molar-refractivity contribution is 6.74. The maximum Gasteiger partial charge on any atom is 0.494 e. The highest BCUT2D eigenvalue weighted by Gasteiger charge is 2.51. The minimum absolute atomic E-state index is 0.0985. The third-order valence-electron chi connectivity index (χ3n) is 7.50. The van der Waals surface area contributed by atoms with Gasteiger partial charge in [-0.2, -0.15) is 0 Å². The predicted molar refractivity (Wildman–Crippen MR) is 131 cm³/mol. The topological polar surface area (TPSA) is 36.9 Å². The summed E-state index contributed by atoms with van der Waals surface area (Å²) in [6, 6.07) is 8.55. The Labute approximate surface area is 190 Å². The van der Waals surface area contributed by atoms with Gasteiger partial charge in [-0.25, -0.2) is 0 Å². The predicted octanol–water partition coefficient (Wildman–Crippen LogP) is 5.56. The van der Waals surface area contributed by atoms with E-state index in [9.17, 15) is 0 Å². The average molecular weight is 442 g/mol. The van der Waals surface area contributed by atoms with Crippen molar-refractivity contribution in [2.45, 2.75) is 89.8 Å². The Balaban J connectivity index is 1.85. The van der Waals surface area contributed by atoms with Crippen molar-refractivity contribution in [3.8, 4) is 0 Å². The van der Waals surface area contributed by atoms with Gasteiger partial charge in [0.15, 0.2) is 8.32 Å². The van der Waals surface area contributed by atoms with Gasteiger partial charge in [-0.15, -0.1) is 0 Å². The molecule has 0 N–H and O–H groups in total. The summed E-state index contributed by atoms with van der Waals surface area (Å²) < 4.78 is 25.0. The molecule has 4 nitrogen and oxygen atoms in total. The second kappa shape index (κ2) is 8.22. The lowest BCUT2D eigenvalue weighted by Gasteiger charge is -2.42. The first-order valence-corrected chi connectivity index (χ1v) is 14.1. The summed E-state index contributed by atoms with van der Waals surface area (Å²) in [6.07, 6.45) is 6.17. The molecule has 2 unspecified atom stereocenters. The van der Waals surface area contributed by atoms with Crippen LogP contribution in [0.3, 0.4) is 0 Å². The first kappa shape index (κ1) is 24.3. The Bertz CT molecular complexity index is 833. The van der Waals surface area contributed by atoms with E-state index in [1.165, 1.54) is 5.56 Å². The number of hydrogen-bond acceptors (Lipinski definition) is 4. The largest absolute Gasteiger partial charge is 0.498 e. The molecule has 0 bridgehead atoms. The molecule has 1 aromatic rings. The first-order valence-electron chi connectivity index (χ1n) is 11.2. The van der Waals surface area contributed by atoms with Crippen molar-refractivity contribution in [1.82, 2.24) is 0 Å². The molecule has 3 rings (SSSR count). The van der Waals surface area contributed by atoms with Crippen LogP contribution in [0, 0.1) is 0 Å². The van der Waals surface area contributed by atoms with Gasteiger partial charge >= 0.3 is 7.12 Å². The van der Waals surface area contributed by atoms with E-state index < -0.39 is 8.32 Å². The molecule has 0 radical (unpaired) electrons. The molecule has 0 saturated carbocycles. The molecule has 1 fully saturated rings. The monoisotopic (exact) mass is 442 g/mol. The third-order valence-corrected chi connectivity index (χ3v) is 12.0. The minimum atomic E-state index is -1.98. The van der Waals surface area contributed by atoms with E-state index in [1.54, 1.807) is 7.11 Å². The molecule has 1 heterocycles. The smallest absolute Gasteiger partial charge is 0.494 e. The molecular weight excluding hydrogens is 403 g/mol. The van der Waals surface area contributed by atoms with E-state index in [-0.39, 0.29) is 35.4 Å². The van der Waals surface area contributed by atoms with Gasteiger partial charge in [0.1, 0.15) is 11.9 Å². The average Bonchev–Trinajstić information content (AvgIpc) is 2.88. The van der Waals surface area contributed by atoms with Gasteiger partial charge in [0, 0.05) is 5.92 Å². The van der Waals surface area contributed by atoms with Crippen LogP contribution in [0.2, 0.25) is 18.1 Å². The van der Waals surface area contributed by atoms with Crippen molar-refractivity contribution in [2.75, 3.05) is 7.11 Å². The molecule has 2 aliphatic rings. The Kier molecular flexibility index (Phi) is 6.44. The van der Waals surface area contributed by atoms with Crippen LogP contribution in [-0.4, -0.2) is 39.9 Å².